The zero-order chi connectivity index (χ0) is 37.4. The number of benzene rings is 1. The Labute approximate surface area is 322 Å². The number of amides is 2. The molecule has 2 saturated carbocycles. The summed E-state index contributed by atoms with van der Waals surface area (Å²) in [5.41, 5.74) is 3.59. The molecule has 9 atom stereocenters. The van der Waals surface area contributed by atoms with Crippen molar-refractivity contribution in [3.8, 4) is 5.75 Å². The number of halogens is 1. The van der Waals surface area contributed by atoms with Crippen molar-refractivity contribution < 1.29 is 28.0 Å². The van der Waals surface area contributed by atoms with Gasteiger partial charge in [0.25, 0.3) is 5.91 Å². The lowest BCUT2D eigenvalue weighted by Crippen LogP contribution is -2.50. The molecule has 0 radical (unpaired) electrons. The second-order valence-corrected chi connectivity index (χ2v) is 19.1. The van der Waals surface area contributed by atoms with Crippen LogP contribution in [0.1, 0.15) is 89.5 Å². The number of anilines is 1. The number of nitrogens with one attached hydrogen (secondary N) is 1. The van der Waals surface area contributed by atoms with Gasteiger partial charge in [-0.05, 0) is 110 Å². The van der Waals surface area contributed by atoms with E-state index in [1.165, 1.54) is 11.1 Å². The number of aromatic nitrogens is 2. The molecule has 3 aliphatic carbocycles. The van der Waals surface area contributed by atoms with Crippen LogP contribution in [0.3, 0.4) is 0 Å². The van der Waals surface area contributed by atoms with Gasteiger partial charge in [-0.1, -0.05) is 36.7 Å². The van der Waals surface area contributed by atoms with E-state index in [0.29, 0.717) is 80.1 Å². The standard InChI is InChI=1S/C41H48ClN5O6S/c1-24-5-4-6-36(51-3)31-9-7-26(31)19-47-22-41(18-27-16-32(27)33-17-29(42)8-10-34(33)41)23-53-37-12-11-35(43-38(37)47)40(49)45-54(50,25(24)2)44-39(48)28-15-30-21-52-14-13-46(30)20-28/h4,6,8,10-12,15,17,20,24-27,31-32,36H,5,7,9,13-14,16,18-19,21-23H2,1-3H3,(H,44,45,48,49,50)/b6-4-/t24-,25+,26-,27-,31+,32-,36-,41-,54?/m0/s1. The second kappa shape index (κ2) is 13.8. The van der Waals surface area contributed by atoms with Crippen LogP contribution >= 0.6 is 11.6 Å². The Hall–Kier alpha value is -3.71. The molecule has 3 aromatic rings. The highest BCUT2D eigenvalue weighted by molar-refractivity contribution is 7.93. The molecule has 1 aromatic carbocycles. The second-order valence-electron chi connectivity index (χ2n) is 16.4. The molecule has 0 saturated heterocycles. The molecule has 1 unspecified atom stereocenters. The molecule has 54 heavy (non-hydrogen) atoms. The first-order valence-electron chi connectivity index (χ1n) is 19.3. The van der Waals surface area contributed by atoms with E-state index >= 15 is 0 Å². The Kier molecular flexibility index (Phi) is 9.18. The van der Waals surface area contributed by atoms with Crippen LogP contribution in [-0.2, 0) is 38.0 Å². The van der Waals surface area contributed by atoms with E-state index in [9.17, 15) is 13.8 Å². The summed E-state index contributed by atoms with van der Waals surface area (Å²) >= 11 is 6.55. The maximum Gasteiger partial charge on any atom is 0.305 e. The van der Waals surface area contributed by atoms with Crippen LogP contribution < -0.4 is 14.4 Å². The van der Waals surface area contributed by atoms with Gasteiger partial charge in [0.15, 0.2) is 11.6 Å². The summed E-state index contributed by atoms with van der Waals surface area (Å²) in [5, 5.41) is 0.0790. The van der Waals surface area contributed by atoms with Crippen molar-refractivity contribution in [1.29, 1.82) is 0 Å². The van der Waals surface area contributed by atoms with E-state index in [1.54, 1.807) is 38.4 Å². The van der Waals surface area contributed by atoms with Crippen molar-refractivity contribution in [3.63, 3.8) is 0 Å². The van der Waals surface area contributed by atoms with E-state index in [-0.39, 0.29) is 23.1 Å². The molecule has 2 amide bonds. The van der Waals surface area contributed by atoms with E-state index < -0.39 is 27.0 Å². The highest BCUT2D eigenvalue weighted by Crippen LogP contribution is 2.61. The fourth-order valence-corrected chi connectivity index (χ4v) is 11.6. The zero-order valence-corrected chi connectivity index (χ0v) is 32.6. The van der Waals surface area contributed by atoms with Gasteiger partial charge < -0.3 is 23.7 Å². The minimum absolute atomic E-state index is 0.0570. The van der Waals surface area contributed by atoms with Gasteiger partial charge in [-0.2, -0.15) is 0 Å². The Morgan fingerprint density at radius 3 is 2.81 bits per heavy atom. The summed E-state index contributed by atoms with van der Waals surface area (Å²) in [6.07, 6.45) is 10.7. The predicted octanol–water partition coefficient (Wildman–Crippen LogP) is 6.69. The molecule has 9 rings (SSSR count). The zero-order valence-electron chi connectivity index (χ0n) is 31.0. The van der Waals surface area contributed by atoms with Gasteiger partial charge in [0.1, 0.15) is 15.6 Å². The molecule has 2 aromatic heterocycles. The Bertz CT molecular complexity index is 2140. The normalized spacial score (nSPS) is 34.8. The Balaban J connectivity index is 1.12. The van der Waals surface area contributed by atoms with Crippen LogP contribution in [0, 0.1) is 23.7 Å². The first-order valence-corrected chi connectivity index (χ1v) is 21.3. The number of rotatable bonds is 3. The van der Waals surface area contributed by atoms with Crippen LogP contribution in [0.5, 0.6) is 5.75 Å². The third-order valence-electron chi connectivity index (χ3n) is 13.1. The third-order valence-corrected chi connectivity index (χ3v) is 15.7. The lowest BCUT2D eigenvalue weighted by Gasteiger charge is -2.45. The lowest BCUT2D eigenvalue weighted by atomic mass is 9.68. The molecule has 1 spiro atoms. The minimum Gasteiger partial charge on any atom is -0.489 e. The molecule has 5 heterocycles. The van der Waals surface area contributed by atoms with Crippen LogP contribution in [-0.4, -0.2) is 70.3 Å². The molecule has 11 nitrogen and oxygen atoms in total. The van der Waals surface area contributed by atoms with E-state index in [1.807, 2.05) is 17.6 Å². The summed E-state index contributed by atoms with van der Waals surface area (Å²) in [7, 11) is -1.88. The van der Waals surface area contributed by atoms with Gasteiger partial charge in [-0.15, -0.1) is 4.36 Å². The molecule has 286 valence electrons. The SMILES string of the molecule is CO[C@H]1/C=C\C[C@H](C)[C@@H](C)S(=O)(NC(=O)c2cc3n(c2)CCOC3)=NC(=O)c2ccc3c(n2)N(C[C@@H]2CC[C@H]21)C[C@]1(CO3)C[C@@H]2C[C@@H]2c2cc(Cl)ccc21. The van der Waals surface area contributed by atoms with E-state index in [0.717, 1.165) is 42.9 Å². The highest BCUT2D eigenvalue weighted by Gasteiger charge is 2.54. The summed E-state index contributed by atoms with van der Waals surface area (Å²) in [6, 6.07) is 11.4. The van der Waals surface area contributed by atoms with E-state index in [4.69, 9.17) is 30.8 Å². The number of pyridine rings is 1. The number of allylic oxidation sites excluding steroid dienone is 1. The van der Waals surface area contributed by atoms with Gasteiger partial charge in [0.2, 0.25) is 0 Å². The summed E-state index contributed by atoms with van der Waals surface area (Å²) in [5.74, 6) is 1.48. The lowest BCUT2D eigenvalue weighted by molar-refractivity contribution is 0.0131. The topological polar surface area (TPSA) is 124 Å². The third kappa shape index (κ3) is 6.36. The van der Waals surface area contributed by atoms with Gasteiger partial charge >= 0.3 is 5.91 Å². The molecule has 2 fully saturated rings. The smallest absolute Gasteiger partial charge is 0.305 e. The van der Waals surface area contributed by atoms with Gasteiger partial charge in [0, 0.05) is 49.1 Å². The number of fused-ring (bicyclic) bond motifs is 7. The number of hydrogen-bond acceptors (Lipinski definition) is 8. The van der Waals surface area contributed by atoms with Crippen molar-refractivity contribution in [2.24, 2.45) is 28.0 Å². The number of ether oxygens (including phenoxy) is 3. The average Bonchev–Trinajstić information content (AvgIpc) is 3.83. The Morgan fingerprint density at radius 1 is 1.15 bits per heavy atom. The van der Waals surface area contributed by atoms with Crippen LogP contribution in [0.4, 0.5) is 5.82 Å². The number of carbonyl (C=O) groups excluding carboxylic acids is 2. The van der Waals surface area contributed by atoms with Crippen LogP contribution in [0.15, 0.2) is 59.1 Å². The first-order chi connectivity index (χ1) is 26.0. The predicted molar refractivity (Wildman–Crippen MR) is 206 cm³/mol. The fraction of sp³-hybridized carbons (Fsp3) is 0.537. The molecule has 2 bridgehead atoms. The van der Waals surface area contributed by atoms with Gasteiger partial charge in [-0.25, -0.2) is 9.19 Å². The van der Waals surface area contributed by atoms with Crippen molar-refractivity contribution in [2.75, 3.05) is 38.3 Å². The Morgan fingerprint density at radius 2 is 2.02 bits per heavy atom. The van der Waals surface area contributed by atoms with Crippen molar-refractivity contribution in [1.82, 2.24) is 14.3 Å². The maximum atomic E-state index is 15.0. The van der Waals surface area contributed by atoms with Crippen LogP contribution in [0.25, 0.3) is 0 Å². The molecule has 6 aliphatic rings. The van der Waals surface area contributed by atoms with Gasteiger partial charge in [0.05, 0.1) is 36.7 Å². The molecule has 3 aliphatic heterocycles. The van der Waals surface area contributed by atoms with Crippen molar-refractivity contribution in [2.45, 2.75) is 81.8 Å². The van der Waals surface area contributed by atoms with Crippen LogP contribution in [0.2, 0.25) is 5.02 Å². The number of hydrogen-bond donors (Lipinski definition) is 1. The summed E-state index contributed by atoms with van der Waals surface area (Å²) in [6.45, 7) is 7.20. The minimum atomic E-state index is -3.65. The number of carbonyl (C=O) groups is 2. The molecular formula is C41H48ClN5O6S. The monoisotopic (exact) mass is 773 g/mol. The largest absolute Gasteiger partial charge is 0.489 e. The van der Waals surface area contributed by atoms with Gasteiger partial charge in [-0.3, -0.25) is 14.3 Å². The maximum absolute atomic E-state index is 15.0. The molecule has 13 heteroatoms. The van der Waals surface area contributed by atoms with Crippen molar-refractivity contribution in [3.05, 3.63) is 87.8 Å². The molecular weight excluding hydrogens is 726 g/mol. The van der Waals surface area contributed by atoms with E-state index in [2.05, 4.69) is 38.3 Å². The van der Waals surface area contributed by atoms with Crippen molar-refractivity contribution >= 4 is 39.1 Å². The number of nitrogens with zero attached hydrogens (tertiary/aromatic N) is 4. The fourth-order valence-electron chi connectivity index (χ4n) is 9.60. The highest BCUT2D eigenvalue weighted by atomic mass is 35.5. The summed E-state index contributed by atoms with van der Waals surface area (Å²) < 4.78 is 42.4. The first kappa shape index (κ1) is 36.0. The number of methoxy groups -OCH3 is 1. The quantitative estimate of drug-likeness (QED) is 0.292. The average molecular weight is 774 g/mol. The molecule has 1 N–H and O–H groups in total. The summed E-state index contributed by atoms with van der Waals surface area (Å²) in [4.78, 5) is 35.2.